The first-order chi connectivity index (χ1) is 12.3. The number of ether oxygens (including phenoxy) is 1. The van der Waals surface area contributed by atoms with Crippen LogP contribution < -0.4 is 4.72 Å². The third-order valence-corrected chi connectivity index (χ3v) is 7.35. The minimum Gasteiger partial charge on any atom is -0.465 e. The van der Waals surface area contributed by atoms with E-state index in [9.17, 15) is 13.2 Å². The second-order valence-corrected chi connectivity index (χ2v) is 8.99. The van der Waals surface area contributed by atoms with E-state index in [1.54, 1.807) is 37.3 Å². The molecule has 0 fully saturated rings. The van der Waals surface area contributed by atoms with Crippen molar-refractivity contribution in [2.24, 2.45) is 0 Å². The Morgan fingerprint density at radius 1 is 1.23 bits per heavy atom. The van der Waals surface area contributed by atoms with Crippen molar-refractivity contribution in [2.45, 2.75) is 11.1 Å². The fourth-order valence-corrected chi connectivity index (χ4v) is 4.78. The van der Waals surface area contributed by atoms with Crippen LogP contribution in [0.1, 0.15) is 16.1 Å². The van der Waals surface area contributed by atoms with Crippen molar-refractivity contribution in [1.29, 1.82) is 0 Å². The molecule has 0 atom stereocenters. The van der Waals surface area contributed by atoms with Gasteiger partial charge >= 0.3 is 5.97 Å². The van der Waals surface area contributed by atoms with Gasteiger partial charge < -0.3 is 9.26 Å². The normalized spacial score (nSPS) is 11.3. The highest BCUT2D eigenvalue weighted by atomic mass is 79.9. The van der Waals surface area contributed by atoms with E-state index in [0.29, 0.717) is 15.7 Å². The molecule has 3 rings (SSSR count). The summed E-state index contributed by atoms with van der Waals surface area (Å²) in [6.07, 6.45) is 0. The van der Waals surface area contributed by atoms with Gasteiger partial charge in [-0.3, -0.25) is 0 Å². The lowest BCUT2D eigenvalue weighted by molar-refractivity contribution is 0.0600. The van der Waals surface area contributed by atoms with E-state index < -0.39 is 16.0 Å². The molecule has 3 aromatic rings. The highest BCUT2D eigenvalue weighted by Gasteiger charge is 2.22. The molecule has 0 aliphatic heterocycles. The molecule has 0 aliphatic carbocycles. The fraction of sp³-hybridized carbons (Fsp3) is 0.125. The summed E-state index contributed by atoms with van der Waals surface area (Å²) in [5, 5.41) is 3.69. The van der Waals surface area contributed by atoms with Crippen LogP contribution in [0.25, 0.3) is 10.4 Å². The Hall–Kier alpha value is -2.17. The molecule has 0 bridgehead atoms. The lowest BCUT2D eigenvalue weighted by Crippen LogP contribution is -2.11. The number of esters is 1. The molecule has 0 saturated carbocycles. The van der Waals surface area contributed by atoms with Gasteiger partial charge in [0.05, 0.1) is 18.4 Å². The summed E-state index contributed by atoms with van der Waals surface area (Å²) in [5.74, 6) is -0.400. The van der Waals surface area contributed by atoms with Crippen LogP contribution in [0.4, 0.5) is 5.88 Å². The second-order valence-electron chi connectivity index (χ2n) is 5.20. The number of sulfonamides is 1. The number of hydrogen-bond acceptors (Lipinski definition) is 7. The zero-order valence-corrected chi connectivity index (χ0v) is 16.9. The molecule has 7 nitrogen and oxygen atoms in total. The van der Waals surface area contributed by atoms with Gasteiger partial charge in [-0.15, -0.1) is 11.3 Å². The molecule has 0 spiro atoms. The predicted octanol–water partition coefficient (Wildman–Crippen LogP) is 4.06. The molecule has 2 aromatic heterocycles. The first-order valence-corrected chi connectivity index (χ1v) is 10.3. The smallest absolute Gasteiger partial charge is 0.337 e. The van der Waals surface area contributed by atoms with E-state index in [1.165, 1.54) is 13.2 Å². The van der Waals surface area contributed by atoms with E-state index in [0.717, 1.165) is 21.8 Å². The predicted molar refractivity (Wildman–Crippen MR) is 101 cm³/mol. The van der Waals surface area contributed by atoms with Crippen LogP contribution in [0.2, 0.25) is 0 Å². The highest BCUT2D eigenvalue weighted by molar-refractivity contribution is 9.10. The zero-order valence-electron chi connectivity index (χ0n) is 13.6. The average molecular weight is 457 g/mol. The molecule has 26 heavy (non-hydrogen) atoms. The molecule has 136 valence electrons. The minimum atomic E-state index is -3.80. The quantitative estimate of drug-likeness (QED) is 0.581. The van der Waals surface area contributed by atoms with Crippen molar-refractivity contribution in [3.8, 4) is 10.4 Å². The van der Waals surface area contributed by atoms with E-state index in [-0.39, 0.29) is 10.1 Å². The molecule has 0 aliphatic rings. The van der Waals surface area contributed by atoms with E-state index >= 15 is 0 Å². The monoisotopic (exact) mass is 456 g/mol. The molecule has 0 saturated heterocycles. The molecule has 0 amide bonds. The number of benzene rings is 1. The van der Waals surface area contributed by atoms with Crippen LogP contribution in [0.15, 0.2) is 49.6 Å². The molecule has 0 radical (unpaired) electrons. The fourth-order valence-electron chi connectivity index (χ4n) is 2.10. The number of methoxy groups -OCH3 is 1. The number of halogens is 1. The van der Waals surface area contributed by atoms with Gasteiger partial charge in [0.2, 0.25) is 0 Å². The number of carbonyl (C=O) groups is 1. The zero-order chi connectivity index (χ0) is 18.9. The summed E-state index contributed by atoms with van der Waals surface area (Å²) in [5.41, 5.74) is 1.76. The van der Waals surface area contributed by atoms with Gasteiger partial charge in [0.25, 0.3) is 15.9 Å². The Kier molecular flexibility index (Phi) is 5.17. The summed E-state index contributed by atoms with van der Waals surface area (Å²) < 4.78 is 37.6. The number of thiophene rings is 1. The lowest BCUT2D eigenvalue weighted by Gasteiger charge is -2.03. The van der Waals surface area contributed by atoms with Crippen molar-refractivity contribution in [2.75, 3.05) is 11.8 Å². The van der Waals surface area contributed by atoms with E-state index in [4.69, 9.17) is 4.52 Å². The van der Waals surface area contributed by atoms with Gasteiger partial charge in [-0.05, 0) is 52.7 Å². The Morgan fingerprint density at radius 3 is 2.50 bits per heavy atom. The molecule has 0 unspecified atom stereocenters. The number of rotatable bonds is 5. The molecular weight excluding hydrogens is 444 g/mol. The number of anilines is 1. The first-order valence-electron chi connectivity index (χ1n) is 7.25. The van der Waals surface area contributed by atoms with Gasteiger partial charge in [0, 0.05) is 4.88 Å². The van der Waals surface area contributed by atoms with Crippen LogP contribution in [0.3, 0.4) is 0 Å². The van der Waals surface area contributed by atoms with Crippen molar-refractivity contribution < 1.29 is 22.5 Å². The first kappa shape index (κ1) is 18.6. The molecule has 10 heteroatoms. The van der Waals surface area contributed by atoms with Crippen LogP contribution in [0.5, 0.6) is 0 Å². The Morgan fingerprint density at radius 2 is 1.92 bits per heavy atom. The number of nitrogens with zero attached hydrogens (tertiary/aromatic N) is 1. The second kappa shape index (κ2) is 7.22. The summed E-state index contributed by atoms with van der Waals surface area (Å²) in [6.45, 7) is 1.69. The number of carbonyl (C=O) groups excluding carboxylic acids is 1. The largest absolute Gasteiger partial charge is 0.465 e. The van der Waals surface area contributed by atoms with Crippen molar-refractivity contribution in [1.82, 2.24) is 5.16 Å². The Balaban J connectivity index is 1.84. The Labute approximate surface area is 162 Å². The van der Waals surface area contributed by atoms with Gasteiger partial charge in [-0.1, -0.05) is 17.3 Å². The van der Waals surface area contributed by atoms with Gasteiger partial charge in [-0.2, -0.15) is 0 Å². The molecule has 1 N–H and O–H groups in total. The molecular formula is C16H13BrN2O5S2. The SMILES string of the molecule is COC(=O)c1ccc(-c2ccc(S(=O)(=O)Nc3onc(C)c3Br)s2)cc1. The Bertz CT molecular complexity index is 1050. The summed E-state index contributed by atoms with van der Waals surface area (Å²) in [6, 6.07) is 9.93. The van der Waals surface area contributed by atoms with Crippen LogP contribution in [-0.4, -0.2) is 26.7 Å². The highest BCUT2D eigenvalue weighted by Crippen LogP contribution is 2.33. The number of nitrogens with one attached hydrogen (secondary N) is 1. The number of aryl methyl sites for hydroxylation is 1. The lowest BCUT2D eigenvalue weighted by atomic mass is 10.1. The standard InChI is InChI=1S/C16H13BrN2O5S2/c1-9-14(17)15(24-18-9)19-26(21,22)13-8-7-12(25-13)10-3-5-11(6-4-10)16(20)23-2/h3-8,19H,1-2H3. The molecule has 2 heterocycles. The number of hydrogen-bond donors (Lipinski definition) is 1. The van der Waals surface area contributed by atoms with Crippen LogP contribution in [-0.2, 0) is 14.8 Å². The third kappa shape index (κ3) is 3.67. The third-order valence-electron chi connectivity index (χ3n) is 3.45. The van der Waals surface area contributed by atoms with Crippen LogP contribution in [0, 0.1) is 6.92 Å². The van der Waals surface area contributed by atoms with E-state index in [2.05, 4.69) is 30.5 Å². The number of aromatic nitrogens is 1. The van der Waals surface area contributed by atoms with Gasteiger partial charge in [0.1, 0.15) is 8.68 Å². The summed E-state index contributed by atoms with van der Waals surface area (Å²) >= 11 is 4.32. The van der Waals surface area contributed by atoms with Crippen LogP contribution >= 0.6 is 27.3 Å². The minimum absolute atomic E-state index is 0.0277. The van der Waals surface area contributed by atoms with Gasteiger partial charge in [0.15, 0.2) is 0 Å². The topological polar surface area (TPSA) is 98.5 Å². The van der Waals surface area contributed by atoms with Crippen molar-refractivity contribution in [3.63, 3.8) is 0 Å². The maximum absolute atomic E-state index is 12.5. The van der Waals surface area contributed by atoms with Crippen molar-refractivity contribution >= 4 is 49.1 Å². The maximum atomic E-state index is 12.5. The van der Waals surface area contributed by atoms with Crippen molar-refractivity contribution in [3.05, 3.63) is 52.1 Å². The summed E-state index contributed by atoms with van der Waals surface area (Å²) in [7, 11) is -2.49. The average Bonchev–Trinajstić information content (AvgIpc) is 3.25. The summed E-state index contributed by atoms with van der Waals surface area (Å²) in [4.78, 5) is 12.2. The van der Waals surface area contributed by atoms with Gasteiger partial charge in [-0.25, -0.2) is 17.9 Å². The molecule has 1 aromatic carbocycles. The maximum Gasteiger partial charge on any atom is 0.337 e. The van der Waals surface area contributed by atoms with E-state index in [1.807, 2.05) is 0 Å².